The highest BCUT2D eigenvalue weighted by molar-refractivity contribution is 6.01. The molecule has 0 aliphatic carbocycles. The van der Waals surface area contributed by atoms with Gasteiger partial charge in [-0.15, -0.1) is 0 Å². The summed E-state index contributed by atoms with van der Waals surface area (Å²) in [4.78, 5) is 24.7. The van der Waals surface area contributed by atoms with Gasteiger partial charge in [0.25, 0.3) is 0 Å². The van der Waals surface area contributed by atoms with E-state index in [0.717, 1.165) is 35.2 Å². The fourth-order valence-electron chi connectivity index (χ4n) is 2.12. The average molecular weight is 354 g/mol. The normalized spacial score (nSPS) is 11.1. The maximum Gasteiger partial charge on any atom is 0.416 e. The number of benzene rings is 2. The summed E-state index contributed by atoms with van der Waals surface area (Å²) >= 11 is 0. The maximum absolute atomic E-state index is 13.8. The van der Waals surface area contributed by atoms with E-state index in [1.54, 1.807) is 0 Å². The van der Waals surface area contributed by atoms with E-state index in [2.05, 4.69) is 5.32 Å². The van der Waals surface area contributed by atoms with Gasteiger partial charge in [-0.25, -0.2) is 4.39 Å². The van der Waals surface area contributed by atoms with Crippen molar-refractivity contribution in [1.29, 1.82) is 0 Å². The first-order valence-corrected chi connectivity index (χ1v) is 7.18. The molecule has 0 heterocycles. The predicted molar refractivity (Wildman–Crippen MR) is 84.5 cm³/mol. The van der Waals surface area contributed by atoms with Crippen LogP contribution in [0.2, 0.25) is 0 Å². The molecule has 2 aromatic rings. The van der Waals surface area contributed by atoms with Crippen molar-refractivity contribution in [1.82, 2.24) is 0 Å². The third-order valence-corrected chi connectivity index (χ3v) is 3.32. The lowest BCUT2D eigenvalue weighted by molar-refractivity contribution is -0.137. The zero-order valence-electron chi connectivity index (χ0n) is 13.1. The van der Waals surface area contributed by atoms with E-state index in [4.69, 9.17) is 0 Å². The molecule has 132 valence electrons. The van der Waals surface area contributed by atoms with Crippen molar-refractivity contribution in [2.45, 2.75) is 13.1 Å². The van der Waals surface area contributed by atoms with Crippen LogP contribution in [0.3, 0.4) is 0 Å². The molecule has 0 radical (unpaired) electrons. The van der Waals surface area contributed by atoms with Crippen molar-refractivity contribution < 1.29 is 27.2 Å². The monoisotopic (exact) mass is 354 g/mol. The van der Waals surface area contributed by atoms with Crippen LogP contribution in [0, 0.1) is 5.82 Å². The summed E-state index contributed by atoms with van der Waals surface area (Å²) in [6.07, 6.45) is -4.47. The van der Waals surface area contributed by atoms with Crippen LogP contribution in [0.15, 0.2) is 48.5 Å². The van der Waals surface area contributed by atoms with Crippen molar-refractivity contribution in [2.24, 2.45) is 0 Å². The number of hydrogen-bond donors (Lipinski definition) is 1. The molecular weight excluding hydrogens is 340 g/mol. The molecule has 2 amide bonds. The van der Waals surface area contributed by atoms with Gasteiger partial charge in [0.2, 0.25) is 11.8 Å². The highest BCUT2D eigenvalue weighted by Gasteiger charge is 2.30. The molecule has 0 aliphatic heterocycles. The summed E-state index contributed by atoms with van der Waals surface area (Å²) < 4.78 is 51.3. The van der Waals surface area contributed by atoms with Gasteiger partial charge in [-0.3, -0.25) is 9.59 Å². The second-order valence-corrected chi connectivity index (χ2v) is 5.18. The zero-order valence-corrected chi connectivity index (χ0v) is 13.1. The van der Waals surface area contributed by atoms with Gasteiger partial charge in [-0.05, 0) is 36.4 Å². The summed E-state index contributed by atoms with van der Waals surface area (Å²) in [6, 6.07) is 9.32. The first-order chi connectivity index (χ1) is 11.7. The fourth-order valence-corrected chi connectivity index (χ4v) is 2.12. The quantitative estimate of drug-likeness (QED) is 0.849. The van der Waals surface area contributed by atoms with Crippen LogP contribution < -0.4 is 10.2 Å². The summed E-state index contributed by atoms with van der Waals surface area (Å²) in [5.41, 5.74) is -0.769. The topological polar surface area (TPSA) is 49.4 Å². The largest absolute Gasteiger partial charge is 0.416 e. The van der Waals surface area contributed by atoms with E-state index in [1.165, 1.54) is 25.1 Å². The first kappa shape index (κ1) is 18.4. The highest BCUT2D eigenvalue weighted by Crippen LogP contribution is 2.29. The van der Waals surface area contributed by atoms with E-state index in [-0.39, 0.29) is 11.4 Å². The molecule has 0 bridgehead atoms. The first-order valence-electron chi connectivity index (χ1n) is 7.18. The minimum Gasteiger partial charge on any atom is -0.325 e. The molecule has 4 nitrogen and oxygen atoms in total. The predicted octanol–water partition coefficient (Wildman–Crippen LogP) is 3.84. The zero-order chi connectivity index (χ0) is 18.6. The third kappa shape index (κ3) is 4.79. The van der Waals surface area contributed by atoms with E-state index < -0.39 is 35.9 Å². The molecule has 0 fully saturated rings. The number of rotatable bonds is 4. The Morgan fingerprint density at radius 1 is 1.04 bits per heavy atom. The number of alkyl halides is 3. The van der Waals surface area contributed by atoms with Gasteiger partial charge >= 0.3 is 6.18 Å². The number of carbonyl (C=O) groups excluding carboxylic acids is 2. The molecule has 25 heavy (non-hydrogen) atoms. The Morgan fingerprint density at radius 2 is 1.64 bits per heavy atom. The van der Waals surface area contributed by atoms with Gasteiger partial charge < -0.3 is 10.2 Å². The van der Waals surface area contributed by atoms with Crippen LogP contribution in [-0.4, -0.2) is 18.4 Å². The molecule has 0 spiro atoms. The molecule has 0 atom stereocenters. The molecule has 0 aromatic heterocycles. The minimum absolute atomic E-state index is 0.0578. The third-order valence-electron chi connectivity index (χ3n) is 3.32. The molecular formula is C17H14F4N2O2. The summed E-state index contributed by atoms with van der Waals surface area (Å²) in [5, 5.41) is 2.37. The number of nitrogens with zero attached hydrogens (tertiary/aromatic N) is 1. The van der Waals surface area contributed by atoms with Gasteiger partial charge in [0.1, 0.15) is 12.4 Å². The highest BCUT2D eigenvalue weighted by atomic mass is 19.4. The van der Waals surface area contributed by atoms with Crippen LogP contribution >= 0.6 is 0 Å². The molecule has 1 N–H and O–H groups in total. The Bertz CT molecular complexity index is 773. The second kappa shape index (κ2) is 7.33. The van der Waals surface area contributed by atoms with Crippen molar-refractivity contribution >= 4 is 23.2 Å². The molecule has 2 rings (SSSR count). The van der Waals surface area contributed by atoms with Crippen molar-refractivity contribution in [3.8, 4) is 0 Å². The molecule has 8 heteroatoms. The Kier molecular flexibility index (Phi) is 5.41. The Labute approximate surface area is 141 Å². The van der Waals surface area contributed by atoms with E-state index in [9.17, 15) is 27.2 Å². The van der Waals surface area contributed by atoms with Crippen LogP contribution in [0.4, 0.5) is 28.9 Å². The summed E-state index contributed by atoms with van der Waals surface area (Å²) in [6.45, 7) is 0.704. The van der Waals surface area contributed by atoms with Gasteiger partial charge in [-0.2, -0.15) is 13.2 Å². The van der Waals surface area contributed by atoms with Crippen LogP contribution in [0.25, 0.3) is 0 Å². The molecule has 2 aromatic carbocycles. The van der Waals surface area contributed by atoms with Crippen LogP contribution in [-0.2, 0) is 15.8 Å². The number of halogens is 4. The molecule has 0 unspecified atom stereocenters. The van der Waals surface area contributed by atoms with Crippen LogP contribution in [0.5, 0.6) is 0 Å². The molecule has 0 saturated carbocycles. The molecule has 0 saturated heterocycles. The number of hydrogen-bond acceptors (Lipinski definition) is 2. The van der Waals surface area contributed by atoms with Crippen LogP contribution in [0.1, 0.15) is 12.5 Å². The van der Waals surface area contributed by atoms with Crippen molar-refractivity contribution in [3.63, 3.8) is 0 Å². The summed E-state index contributed by atoms with van der Waals surface area (Å²) in [7, 11) is 0. The van der Waals surface area contributed by atoms with Crippen molar-refractivity contribution in [2.75, 3.05) is 16.8 Å². The maximum atomic E-state index is 13.8. The van der Waals surface area contributed by atoms with Gasteiger partial charge in [0, 0.05) is 12.6 Å². The average Bonchev–Trinajstić information content (AvgIpc) is 2.53. The van der Waals surface area contributed by atoms with Gasteiger partial charge in [0.15, 0.2) is 0 Å². The van der Waals surface area contributed by atoms with E-state index in [0.29, 0.717) is 0 Å². The Balaban J connectivity index is 2.10. The van der Waals surface area contributed by atoms with Gasteiger partial charge in [0.05, 0.1) is 11.3 Å². The second-order valence-electron chi connectivity index (χ2n) is 5.18. The fraction of sp³-hybridized carbons (Fsp3) is 0.176. The lowest BCUT2D eigenvalue weighted by atomic mass is 10.2. The standard InChI is InChI=1S/C17H14F4N2O2/c1-11(24)23(15-5-3-2-4-14(15)18)10-16(25)22-13-8-6-12(7-9-13)17(19,20)21/h2-9H,10H2,1H3,(H,22,25). The van der Waals surface area contributed by atoms with E-state index in [1.807, 2.05) is 0 Å². The number of carbonyl (C=O) groups is 2. The van der Waals surface area contributed by atoms with E-state index >= 15 is 0 Å². The minimum atomic E-state index is -4.47. The molecule has 0 aliphatic rings. The lowest BCUT2D eigenvalue weighted by Gasteiger charge is -2.21. The Morgan fingerprint density at radius 3 is 2.16 bits per heavy atom. The Hall–Kier alpha value is -2.90. The number of amides is 2. The lowest BCUT2D eigenvalue weighted by Crippen LogP contribution is -2.37. The number of nitrogens with one attached hydrogen (secondary N) is 1. The number of anilines is 2. The van der Waals surface area contributed by atoms with Crippen molar-refractivity contribution in [3.05, 3.63) is 59.9 Å². The SMILES string of the molecule is CC(=O)N(CC(=O)Nc1ccc(C(F)(F)F)cc1)c1ccccc1F. The summed E-state index contributed by atoms with van der Waals surface area (Å²) in [5.74, 6) is -1.88. The number of para-hydroxylation sites is 1. The van der Waals surface area contributed by atoms with Gasteiger partial charge in [-0.1, -0.05) is 12.1 Å². The smallest absolute Gasteiger partial charge is 0.325 e.